The van der Waals surface area contributed by atoms with Gasteiger partial charge in [-0.3, -0.25) is 0 Å². The summed E-state index contributed by atoms with van der Waals surface area (Å²) in [5, 5.41) is 3.15. The van der Waals surface area contributed by atoms with Gasteiger partial charge in [0.25, 0.3) is 0 Å². The molecule has 1 aromatic heterocycles. The number of halogens is 2. The average molecular weight is 416 g/mol. The van der Waals surface area contributed by atoms with Crippen molar-refractivity contribution in [1.29, 1.82) is 0 Å². The summed E-state index contributed by atoms with van der Waals surface area (Å²) in [6, 6.07) is 5.80. The highest BCUT2D eigenvalue weighted by atomic mass is 79.9. The van der Waals surface area contributed by atoms with Gasteiger partial charge < -0.3 is 16.0 Å². The highest BCUT2D eigenvalue weighted by molar-refractivity contribution is 9.11. The fraction of sp³-hybridized carbons (Fsp3) is 0.308. The summed E-state index contributed by atoms with van der Waals surface area (Å²) < 4.78 is 1.89. The molecule has 0 radical (unpaired) electrons. The van der Waals surface area contributed by atoms with E-state index < -0.39 is 0 Å². The summed E-state index contributed by atoms with van der Waals surface area (Å²) in [6.45, 7) is 5.70. The smallest absolute Gasteiger partial charge is 0.233 e. The molecule has 0 aliphatic carbocycles. The van der Waals surface area contributed by atoms with Crippen LogP contribution in [0.25, 0.3) is 0 Å². The first-order valence-corrected chi connectivity index (χ1v) is 8.10. The van der Waals surface area contributed by atoms with Crippen molar-refractivity contribution >= 4 is 55.4 Å². The number of hydrogen-bond donors (Lipinski definition) is 2. The van der Waals surface area contributed by atoms with Crippen molar-refractivity contribution in [2.75, 3.05) is 29.0 Å². The lowest BCUT2D eigenvalue weighted by atomic mass is 10.3. The van der Waals surface area contributed by atoms with Gasteiger partial charge in [-0.05, 0) is 48.0 Å². The number of aromatic nitrogens is 3. The summed E-state index contributed by atoms with van der Waals surface area (Å²) >= 11 is 6.91. The van der Waals surface area contributed by atoms with Gasteiger partial charge in [0.05, 0.1) is 5.69 Å². The number of nitrogens with one attached hydrogen (secondary N) is 1. The lowest BCUT2D eigenvalue weighted by Crippen LogP contribution is -2.25. The molecule has 2 aromatic rings. The van der Waals surface area contributed by atoms with E-state index in [2.05, 4.69) is 52.1 Å². The largest absolute Gasteiger partial charge is 0.368 e. The third-order valence-corrected chi connectivity index (χ3v) is 4.01. The second kappa shape index (κ2) is 7.04. The number of nitrogens with zero attached hydrogens (tertiary/aromatic N) is 4. The van der Waals surface area contributed by atoms with E-state index in [0.29, 0.717) is 11.9 Å². The van der Waals surface area contributed by atoms with Crippen molar-refractivity contribution in [3.63, 3.8) is 0 Å². The van der Waals surface area contributed by atoms with Gasteiger partial charge in [-0.2, -0.15) is 15.0 Å². The lowest BCUT2D eigenvalue weighted by molar-refractivity contribution is 0.816. The SMILES string of the molecule is CCN(CC)c1nc(N)nc(Nc2ccc(Br)cc2Br)n1. The maximum absolute atomic E-state index is 5.77. The Morgan fingerprint density at radius 1 is 1.14 bits per heavy atom. The second-order valence-corrected chi connectivity index (χ2v) is 6.01. The minimum absolute atomic E-state index is 0.197. The first-order valence-electron chi connectivity index (χ1n) is 6.52. The highest BCUT2D eigenvalue weighted by Gasteiger charge is 2.11. The van der Waals surface area contributed by atoms with E-state index >= 15 is 0 Å². The monoisotopic (exact) mass is 414 g/mol. The Hall–Kier alpha value is -1.41. The third kappa shape index (κ3) is 4.04. The minimum Gasteiger partial charge on any atom is -0.368 e. The molecule has 0 aliphatic heterocycles. The maximum atomic E-state index is 5.77. The summed E-state index contributed by atoms with van der Waals surface area (Å²) in [7, 11) is 0. The molecule has 0 fully saturated rings. The van der Waals surface area contributed by atoms with Gasteiger partial charge in [-0.15, -0.1) is 0 Å². The van der Waals surface area contributed by atoms with Crippen molar-refractivity contribution in [1.82, 2.24) is 15.0 Å². The van der Waals surface area contributed by atoms with Crippen LogP contribution in [0.5, 0.6) is 0 Å². The predicted octanol–water partition coefficient (Wildman–Crippen LogP) is 3.57. The quantitative estimate of drug-likeness (QED) is 0.776. The van der Waals surface area contributed by atoms with Crippen molar-refractivity contribution in [2.24, 2.45) is 0 Å². The van der Waals surface area contributed by atoms with E-state index in [9.17, 15) is 0 Å². The Kier molecular flexibility index (Phi) is 5.35. The third-order valence-electron chi connectivity index (χ3n) is 2.86. The number of rotatable bonds is 5. The first kappa shape index (κ1) is 16.0. The van der Waals surface area contributed by atoms with Crippen molar-refractivity contribution in [3.05, 3.63) is 27.1 Å². The summed E-state index contributed by atoms with van der Waals surface area (Å²) in [5.74, 6) is 1.19. The topological polar surface area (TPSA) is 80.0 Å². The molecule has 112 valence electrons. The number of nitrogen functional groups attached to an aromatic ring is 1. The zero-order valence-electron chi connectivity index (χ0n) is 11.8. The van der Waals surface area contributed by atoms with Crippen LogP contribution < -0.4 is 16.0 Å². The summed E-state index contributed by atoms with van der Waals surface area (Å²) in [6.07, 6.45) is 0. The number of nitrogens with two attached hydrogens (primary N) is 1. The second-order valence-electron chi connectivity index (χ2n) is 4.24. The van der Waals surface area contributed by atoms with Crippen LogP contribution in [0.1, 0.15) is 13.8 Å². The van der Waals surface area contributed by atoms with E-state index in [1.165, 1.54) is 0 Å². The molecule has 3 N–H and O–H groups in total. The van der Waals surface area contributed by atoms with E-state index in [4.69, 9.17) is 5.73 Å². The van der Waals surface area contributed by atoms with Crippen LogP contribution in [-0.4, -0.2) is 28.0 Å². The average Bonchev–Trinajstić information content (AvgIpc) is 2.43. The number of anilines is 4. The Bertz CT molecular complexity index is 630. The van der Waals surface area contributed by atoms with Gasteiger partial charge in [-0.1, -0.05) is 15.9 Å². The molecular weight excluding hydrogens is 400 g/mol. The molecule has 0 aliphatic rings. The fourth-order valence-corrected chi connectivity index (χ4v) is 2.94. The van der Waals surface area contributed by atoms with Gasteiger partial charge >= 0.3 is 0 Å². The van der Waals surface area contributed by atoms with Crippen LogP contribution in [0.4, 0.5) is 23.5 Å². The minimum atomic E-state index is 0.197. The van der Waals surface area contributed by atoms with Crippen LogP contribution in [0.2, 0.25) is 0 Å². The molecule has 8 heteroatoms. The standard InChI is InChI=1S/C13H16Br2N6/c1-3-21(4-2)13-19-11(16)18-12(20-13)17-10-6-5-8(14)7-9(10)15/h5-7H,3-4H2,1-2H3,(H3,16,17,18,19,20). The number of benzene rings is 1. The predicted molar refractivity (Wildman–Crippen MR) is 92.9 cm³/mol. The van der Waals surface area contributed by atoms with Crippen molar-refractivity contribution in [2.45, 2.75) is 13.8 Å². The van der Waals surface area contributed by atoms with Gasteiger partial charge in [0.15, 0.2) is 0 Å². The molecule has 2 rings (SSSR count). The molecule has 6 nitrogen and oxygen atoms in total. The molecule has 0 amide bonds. The van der Waals surface area contributed by atoms with E-state index in [0.717, 1.165) is 27.7 Å². The number of hydrogen-bond acceptors (Lipinski definition) is 6. The molecule has 1 heterocycles. The lowest BCUT2D eigenvalue weighted by Gasteiger charge is -2.19. The Labute approximate surface area is 140 Å². The summed E-state index contributed by atoms with van der Waals surface area (Å²) in [5.41, 5.74) is 6.63. The molecular formula is C13H16Br2N6. The Balaban J connectivity index is 2.31. The molecule has 0 bridgehead atoms. The van der Waals surface area contributed by atoms with Crippen LogP contribution in [-0.2, 0) is 0 Å². The molecule has 0 saturated heterocycles. The van der Waals surface area contributed by atoms with Crippen molar-refractivity contribution in [3.8, 4) is 0 Å². The zero-order chi connectivity index (χ0) is 15.4. The van der Waals surface area contributed by atoms with Gasteiger partial charge in [0.1, 0.15) is 0 Å². The summed E-state index contributed by atoms with van der Waals surface area (Å²) in [4.78, 5) is 14.7. The fourth-order valence-electron chi connectivity index (χ4n) is 1.80. The first-order chi connectivity index (χ1) is 10.0. The van der Waals surface area contributed by atoms with Gasteiger partial charge in [0, 0.05) is 22.0 Å². The highest BCUT2D eigenvalue weighted by Crippen LogP contribution is 2.28. The van der Waals surface area contributed by atoms with Crippen LogP contribution in [0, 0.1) is 0 Å². The molecule has 21 heavy (non-hydrogen) atoms. The Morgan fingerprint density at radius 3 is 2.48 bits per heavy atom. The van der Waals surface area contributed by atoms with E-state index in [1.807, 2.05) is 36.9 Å². The maximum Gasteiger partial charge on any atom is 0.233 e. The van der Waals surface area contributed by atoms with Crippen molar-refractivity contribution < 1.29 is 0 Å². The normalized spacial score (nSPS) is 10.5. The van der Waals surface area contributed by atoms with Crippen LogP contribution in [0.3, 0.4) is 0 Å². The molecule has 0 unspecified atom stereocenters. The van der Waals surface area contributed by atoms with Crippen LogP contribution >= 0.6 is 31.9 Å². The molecule has 1 aromatic carbocycles. The van der Waals surface area contributed by atoms with E-state index in [-0.39, 0.29) is 5.95 Å². The molecule has 0 saturated carbocycles. The zero-order valence-corrected chi connectivity index (χ0v) is 14.9. The van der Waals surface area contributed by atoms with Crippen LogP contribution in [0.15, 0.2) is 27.1 Å². The van der Waals surface area contributed by atoms with Gasteiger partial charge in [-0.25, -0.2) is 0 Å². The van der Waals surface area contributed by atoms with E-state index in [1.54, 1.807) is 0 Å². The van der Waals surface area contributed by atoms with Gasteiger partial charge in [0.2, 0.25) is 17.8 Å². The Morgan fingerprint density at radius 2 is 1.86 bits per heavy atom. The molecule has 0 atom stereocenters. The molecule has 0 spiro atoms.